The van der Waals surface area contributed by atoms with E-state index in [-0.39, 0.29) is 0 Å². The van der Waals surface area contributed by atoms with Gasteiger partial charge in [0.2, 0.25) is 0 Å². The van der Waals surface area contributed by atoms with Crippen molar-refractivity contribution in [1.82, 2.24) is 20.2 Å². The zero-order valence-corrected chi connectivity index (χ0v) is 12.5. The Morgan fingerprint density at radius 3 is 2.76 bits per heavy atom. The van der Waals surface area contributed by atoms with Crippen LogP contribution in [0.2, 0.25) is 0 Å². The molecule has 0 fully saturated rings. The average Bonchev–Trinajstić information content (AvgIpc) is 2.54. The molecule has 2 heterocycles. The van der Waals surface area contributed by atoms with Gasteiger partial charge in [0.25, 0.3) is 0 Å². The number of hydrogen-bond donors (Lipinski definition) is 1. The van der Waals surface area contributed by atoms with E-state index in [9.17, 15) is 0 Å². The highest BCUT2D eigenvalue weighted by molar-refractivity contribution is 5.29. The van der Waals surface area contributed by atoms with E-state index >= 15 is 0 Å². The smallest absolute Gasteiger partial charge is 0.115 e. The van der Waals surface area contributed by atoms with Crippen LogP contribution < -0.4 is 5.32 Å². The third-order valence-corrected chi connectivity index (χ3v) is 4.01. The first kappa shape index (κ1) is 14.2. The number of fused-ring (bicyclic) bond motifs is 1. The summed E-state index contributed by atoms with van der Waals surface area (Å²) in [6.45, 7) is 6.35. The highest BCUT2D eigenvalue weighted by Gasteiger charge is 2.17. The summed E-state index contributed by atoms with van der Waals surface area (Å²) < 4.78 is 0. The van der Waals surface area contributed by atoms with E-state index < -0.39 is 0 Å². The molecule has 3 rings (SSSR count). The van der Waals surface area contributed by atoms with E-state index in [1.807, 2.05) is 12.4 Å². The van der Waals surface area contributed by atoms with Crippen LogP contribution in [0, 0.1) is 0 Å². The van der Waals surface area contributed by atoms with Gasteiger partial charge in [0.05, 0.1) is 0 Å². The van der Waals surface area contributed by atoms with E-state index in [1.54, 1.807) is 6.33 Å². The molecule has 110 valence electrons. The van der Waals surface area contributed by atoms with Crippen LogP contribution in [-0.2, 0) is 19.5 Å². The first-order chi connectivity index (χ1) is 10.3. The van der Waals surface area contributed by atoms with Gasteiger partial charge in [-0.15, -0.1) is 0 Å². The highest BCUT2D eigenvalue weighted by atomic mass is 15.1. The van der Waals surface area contributed by atoms with Gasteiger partial charge in [0.15, 0.2) is 0 Å². The predicted molar refractivity (Wildman–Crippen MR) is 83.8 cm³/mol. The second kappa shape index (κ2) is 6.78. The van der Waals surface area contributed by atoms with Crippen molar-refractivity contribution in [2.45, 2.75) is 32.5 Å². The molecule has 1 aromatic carbocycles. The van der Waals surface area contributed by atoms with Crippen LogP contribution in [0.3, 0.4) is 0 Å². The summed E-state index contributed by atoms with van der Waals surface area (Å²) in [4.78, 5) is 10.6. The lowest BCUT2D eigenvalue weighted by Gasteiger charge is -2.31. The zero-order chi connectivity index (χ0) is 14.5. The van der Waals surface area contributed by atoms with Gasteiger partial charge in [-0.1, -0.05) is 24.3 Å². The summed E-state index contributed by atoms with van der Waals surface area (Å²) in [7, 11) is 0. The lowest BCUT2D eigenvalue weighted by atomic mass is 10.00. The SMILES string of the molecule is CC(CN1CCc2ccccc2C1)NCc1cncnc1. The standard InChI is InChI=1S/C17H22N4/c1-14(20-10-15-8-18-13-19-9-15)11-21-7-6-16-4-2-3-5-17(16)12-21/h2-5,8-9,13-14,20H,6-7,10-12H2,1H3. The number of nitrogens with one attached hydrogen (secondary N) is 1. The second-order valence-electron chi connectivity index (χ2n) is 5.78. The number of rotatable bonds is 5. The molecule has 2 aromatic rings. The van der Waals surface area contributed by atoms with Gasteiger partial charge < -0.3 is 5.32 Å². The average molecular weight is 282 g/mol. The van der Waals surface area contributed by atoms with Crippen molar-refractivity contribution in [1.29, 1.82) is 0 Å². The first-order valence-electron chi connectivity index (χ1n) is 7.57. The van der Waals surface area contributed by atoms with Gasteiger partial charge in [-0.3, -0.25) is 4.90 Å². The molecule has 21 heavy (non-hydrogen) atoms. The Balaban J connectivity index is 1.49. The van der Waals surface area contributed by atoms with Crippen LogP contribution in [0.15, 0.2) is 43.0 Å². The van der Waals surface area contributed by atoms with Crippen LogP contribution in [-0.4, -0.2) is 34.0 Å². The van der Waals surface area contributed by atoms with Crippen LogP contribution in [0.5, 0.6) is 0 Å². The van der Waals surface area contributed by atoms with Crippen LogP contribution in [0.4, 0.5) is 0 Å². The molecule has 1 aliphatic rings. The van der Waals surface area contributed by atoms with Gasteiger partial charge >= 0.3 is 0 Å². The molecule has 4 heteroatoms. The Morgan fingerprint density at radius 1 is 1.19 bits per heavy atom. The van der Waals surface area contributed by atoms with Crippen molar-refractivity contribution >= 4 is 0 Å². The molecular formula is C17H22N4. The van der Waals surface area contributed by atoms with Crippen LogP contribution >= 0.6 is 0 Å². The Hall–Kier alpha value is -1.78. The summed E-state index contributed by atoms with van der Waals surface area (Å²) in [6, 6.07) is 9.24. The third-order valence-electron chi connectivity index (χ3n) is 4.01. The fourth-order valence-electron chi connectivity index (χ4n) is 2.88. The minimum Gasteiger partial charge on any atom is -0.309 e. The van der Waals surface area contributed by atoms with Crippen molar-refractivity contribution in [3.8, 4) is 0 Å². The number of nitrogens with zero attached hydrogens (tertiary/aromatic N) is 3. The molecule has 0 aliphatic carbocycles. The fraction of sp³-hybridized carbons (Fsp3) is 0.412. The van der Waals surface area contributed by atoms with E-state index in [1.165, 1.54) is 11.1 Å². The number of hydrogen-bond acceptors (Lipinski definition) is 4. The molecule has 0 bridgehead atoms. The zero-order valence-electron chi connectivity index (χ0n) is 12.5. The third kappa shape index (κ3) is 3.86. The highest BCUT2D eigenvalue weighted by Crippen LogP contribution is 2.18. The van der Waals surface area contributed by atoms with Crippen molar-refractivity contribution in [2.75, 3.05) is 13.1 Å². The maximum Gasteiger partial charge on any atom is 0.115 e. The molecule has 0 spiro atoms. The summed E-state index contributed by atoms with van der Waals surface area (Å²) >= 11 is 0. The molecule has 0 amide bonds. The van der Waals surface area contributed by atoms with Gasteiger partial charge in [-0.25, -0.2) is 9.97 Å². The minimum absolute atomic E-state index is 0.454. The quantitative estimate of drug-likeness (QED) is 0.911. The van der Waals surface area contributed by atoms with Gasteiger partial charge in [0.1, 0.15) is 6.33 Å². The second-order valence-corrected chi connectivity index (χ2v) is 5.78. The Bertz CT molecular complexity index is 570. The Morgan fingerprint density at radius 2 is 1.95 bits per heavy atom. The Kier molecular flexibility index (Phi) is 4.58. The fourth-order valence-corrected chi connectivity index (χ4v) is 2.88. The largest absolute Gasteiger partial charge is 0.309 e. The molecular weight excluding hydrogens is 260 g/mol. The van der Waals surface area contributed by atoms with Gasteiger partial charge in [-0.2, -0.15) is 0 Å². The van der Waals surface area contributed by atoms with E-state index in [4.69, 9.17) is 0 Å². The monoisotopic (exact) mass is 282 g/mol. The number of aromatic nitrogens is 2. The summed E-state index contributed by atoms with van der Waals surface area (Å²) in [5.74, 6) is 0. The van der Waals surface area contributed by atoms with Crippen molar-refractivity contribution in [3.63, 3.8) is 0 Å². The lowest BCUT2D eigenvalue weighted by molar-refractivity contribution is 0.229. The van der Waals surface area contributed by atoms with Crippen LogP contribution in [0.25, 0.3) is 0 Å². The lowest BCUT2D eigenvalue weighted by Crippen LogP contribution is -2.41. The van der Waals surface area contributed by atoms with E-state index in [2.05, 4.69) is 51.4 Å². The summed E-state index contributed by atoms with van der Waals surface area (Å²) in [6.07, 6.45) is 6.46. The van der Waals surface area contributed by atoms with E-state index in [0.717, 1.165) is 38.2 Å². The van der Waals surface area contributed by atoms with Crippen molar-refractivity contribution < 1.29 is 0 Å². The van der Waals surface area contributed by atoms with Gasteiger partial charge in [-0.05, 0) is 24.5 Å². The van der Waals surface area contributed by atoms with Gasteiger partial charge in [0, 0.05) is 50.2 Å². The maximum absolute atomic E-state index is 4.04. The molecule has 0 saturated heterocycles. The van der Waals surface area contributed by atoms with Crippen molar-refractivity contribution in [3.05, 3.63) is 59.7 Å². The predicted octanol–water partition coefficient (Wildman–Crippen LogP) is 2.01. The van der Waals surface area contributed by atoms with Crippen LogP contribution in [0.1, 0.15) is 23.6 Å². The molecule has 1 N–H and O–H groups in total. The van der Waals surface area contributed by atoms with E-state index in [0.29, 0.717) is 6.04 Å². The van der Waals surface area contributed by atoms with Crippen molar-refractivity contribution in [2.24, 2.45) is 0 Å². The Labute approximate surface area is 126 Å². The normalized spacial score (nSPS) is 16.4. The summed E-state index contributed by atoms with van der Waals surface area (Å²) in [5, 5.41) is 3.55. The summed E-state index contributed by atoms with van der Waals surface area (Å²) in [5.41, 5.74) is 4.12. The first-order valence-corrected chi connectivity index (χ1v) is 7.57. The molecule has 1 aliphatic heterocycles. The molecule has 1 aromatic heterocycles. The minimum atomic E-state index is 0.454. The molecule has 1 atom stereocenters. The topological polar surface area (TPSA) is 41.0 Å². The molecule has 0 saturated carbocycles. The molecule has 0 radical (unpaired) electrons. The maximum atomic E-state index is 4.04. The number of benzene rings is 1. The molecule has 4 nitrogen and oxygen atoms in total. The molecule has 1 unspecified atom stereocenters.